The summed E-state index contributed by atoms with van der Waals surface area (Å²) in [4.78, 5) is 0. The van der Waals surface area contributed by atoms with Crippen LogP contribution in [0.3, 0.4) is 0 Å². The summed E-state index contributed by atoms with van der Waals surface area (Å²) in [6.45, 7) is 2.27. The fourth-order valence-electron chi connectivity index (χ4n) is 2.09. The summed E-state index contributed by atoms with van der Waals surface area (Å²) in [6.07, 6.45) is 7.93. The third-order valence-corrected chi connectivity index (χ3v) is 4.17. The minimum absolute atomic E-state index is 0.912. The van der Waals surface area contributed by atoms with E-state index in [9.17, 15) is 0 Å². The molecule has 0 radical (unpaired) electrons. The molecule has 4 heteroatoms. The van der Waals surface area contributed by atoms with Crippen molar-refractivity contribution < 1.29 is 0 Å². The second-order valence-corrected chi connectivity index (χ2v) is 5.76. The van der Waals surface area contributed by atoms with Crippen molar-refractivity contribution in [2.24, 2.45) is 13.0 Å². The number of nitrogens with one attached hydrogen (secondary N) is 1. The number of rotatable bonds is 5. The van der Waals surface area contributed by atoms with Crippen LogP contribution in [0.25, 0.3) is 0 Å². The Morgan fingerprint density at radius 2 is 2.31 bits per heavy atom. The van der Waals surface area contributed by atoms with Gasteiger partial charge >= 0.3 is 0 Å². The second kappa shape index (κ2) is 6.30. The van der Waals surface area contributed by atoms with Gasteiger partial charge in [-0.3, -0.25) is 4.68 Å². The number of hydrogen-bond acceptors (Lipinski definition) is 3. The van der Waals surface area contributed by atoms with Crippen molar-refractivity contribution >= 4 is 11.8 Å². The van der Waals surface area contributed by atoms with Crippen LogP contribution >= 0.6 is 11.8 Å². The van der Waals surface area contributed by atoms with Gasteiger partial charge in [-0.25, -0.2) is 0 Å². The van der Waals surface area contributed by atoms with Crippen molar-refractivity contribution in [3.8, 4) is 0 Å². The zero-order valence-corrected chi connectivity index (χ0v) is 10.8. The van der Waals surface area contributed by atoms with Crippen LogP contribution in [0, 0.1) is 5.92 Å². The third kappa shape index (κ3) is 3.83. The van der Waals surface area contributed by atoms with Crippen molar-refractivity contribution in [3.63, 3.8) is 0 Å². The van der Waals surface area contributed by atoms with Crippen LogP contribution in [0.4, 0.5) is 0 Å². The van der Waals surface area contributed by atoms with Crippen molar-refractivity contribution in [3.05, 3.63) is 18.0 Å². The zero-order valence-electron chi connectivity index (χ0n) is 9.98. The van der Waals surface area contributed by atoms with Crippen molar-refractivity contribution in [1.29, 1.82) is 0 Å². The Labute approximate surface area is 102 Å². The maximum Gasteiger partial charge on any atom is 0.0522 e. The average molecular weight is 239 g/mol. The maximum atomic E-state index is 4.17. The number of aryl methyl sites for hydroxylation is 1. The van der Waals surface area contributed by atoms with E-state index in [0.717, 1.165) is 18.9 Å². The summed E-state index contributed by atoms with van der Waals surface area (Å²) in [6, 6.07) is 0. The van der Waals surface area contributed by atoms with Gasteiger partial charge < -0.3 is 5.32 Å². The summed E-state index contributed by atoms with van der Waals surface area (Å²) in [5.74, 6) is 3.62. The van der Waals surface area contributed by atoms with Gasteiger partial charge in [0, 0.05) is 13.2 Å². The molecule has 1 saturated heterocycles. The lowest BCUT2D eigenvalue weighted by Crippen LogP contribution is -2.27. The highest BCUT2D eigenvalue weighted by molar-refractivity contribution is 7.99. The molecule has 0 unspecified atom stereocenters. The van der Waals surface area contributed by atoms with Crippen LogP contribution in [0.5, 0.6) is 0 Å². The highest BCUT2D eigenvalue weighted by Crippen LogP contribution is 2.21. The molecule has 16 heavy (non-hydrogen) atoms. The highest BCUT2D eigenvalue weighted by atomic mass is 32.2. The fourth-order valence-corrected chi connectivity index (χ4v) is 3.29. The van der Waals surface area contributed by atoms with Crippen LogP contribution in [-0.2, 0) is 13.5 Å². The molecule has 0 saturated carbocycles. The molecule has 0 aliphatic carbocycles. The largest absolute Gasteiger partial charge is 0.316 e. The SMILES string of the molecule is Cn1cc(CCNCC2CCSCC2)cn1. The molecule has 0 atom stereocenters. The van der Waals surface area contributed by atoms with Crippen LogP contribution < -0.4 is 5.32 Å². The lowest BCUT2D eigenvalue weighted by Gasteiger charge is -2.21. The van der Waals surface area contributed by atoms with E-state index in [1.807, 2.05) is 17.9 Å². The molecular formula is C12H21N3S. The number of aromatic nitrogens is 2. The molecule has 0 spiro atoms. The molecule has 0 aromatic carbocycles. The molecule has 2 rings (SSSR count). The van der Waals surface area contributed by atoms with Crippen molar-refractivity contribution in [1.82, 2.24) is 15.1 Å². The van der Waals surface area contributed by atoms with Gasteiger partial charge in [-0.1, -0.05) is 0 Å². The lowest BCUT2D eigenvalue weighted by molar-refractivity contribution is 0.450. The van der Waals surface area contributed by atoms with Crippen molar-refractivity contribution in [2.75, 3.05) is 24.6 Å². The molecule has 2 heterocycles. The number of nitrogens with zero attached hydrogens (tertiary/aromatic N) is 2. The van der Waals surface area contributed by atoms with E-state index in [4.69, 9.17) is 0 Å². The van der Waals surface area contributed by atoms with Crippen LogP contribution in [0.15, 0.2) is 12.4 Å². The minimum atomic E-state index is 0.912. The molecule has 1 aliphatic heterocycles. The highest BCUT2D eigenvalue weighted by Gasteiger charge is 2.12. The average Bonchev–Trinajstić information content (AvgIpc) is 2.72. The smallest absolute Gasteiger partial charge is 0.0522 e. The van der Waals surface area contributed by atoms with Gasteiger partial charge in [0.2, 0.25) is 0 Å². The number of hydrogen-bond donors (Lipinski definition) is 1. The molecule has 90 valence electrons. The summed E-state index contributed by atoms with van der Waals surface area (Å²) in [7, 11) is 1.97. The minimum Gasteiger partial charge on any atom is -0.316 e. The fraction of sp³-hybridized carbons (Fsp3) is 0.750. The normalized spacial score (nSPS) is 17.8. The zero-order chi connectivity index (χ0) is 11.2. The van der Waals surface area contributed by atoms with Gasteiger partial charge in [-0.2, -0.15) is 16.9 Å². The topological polar surface area (TPSA) is 29.9 Å². The number of thioether (sulfide) groups is 1. The van der Waals surface area contributed by atoms with E-state index in [1.165, 1.54) is 36.5 Å². The quantitative estimate of drug-likeness (QED) is 0.793. The van der Waals surface area contributed by atoms with Gasteiger partial charge in [-0.15, -0.1) is 0 Å². The Morgan fingerprint density at radius 3 is 3.00 bits per heavy atom. The monoisotopic (exact) mass is 239 g/mol. The standard InChI is InChI=1S/C12H21N3S/c1-15-10-12(9-14-15)2-5-13-8-11-3-6-16-7-4-11/h9-11,13H,2-8H2,1H3. The Balaban J connectivity index is 1.57. The summed E-state index contributed by atoms with van der Waals surface area (Å²) in [5.41, 5.74) is 1.33. The van der Waals surface area contributed by atoms with Gasteiger partial charge in [-0.05, 0) is 55.3 Å². The molecule has 1 aromatic heterocycles. The molecule has 1 fully saturated rings. The van der Waals surface area contributed by atoms with E-state index in [0.29, 0.717) is 0 Å². The second-order valence-electron chi connectivity index (χ2n) is 4.53. The van der Waals surface area contributed by atoms with Gasteiger partial charge in [0.25, 0.3) is 0 Å². The van der Waals surface area contributed by atoms with Crippen LogP contribution in [0.1, 0.15) is 18.4 Å². The summed E-state index contributed by atoms with van der Waals surface area (Å²) in [5, 5.41) is 7.74. The van der Waals surface area contributed by atoms with Gasteiger partial charge in [0.05, 0.1) is 6.20 Å². The molecule has 1 aromatic rings. The van der Waals surface area contributed by atoms with Crippen LogP contribution in [0.2, 0.25) is 0 Å². The lowest BCUT2D eigenvalue weighted by atomic mass is 10.0. The van der Waals surface area contributed by atoms with Gasteiger partial charge in [0.1, 0.15) is 0 Å². The van der Waals surface area contributed by atoms with E-state index in [2.05, 4.69) is 28.4 Å². The Hall–Kier alpha value is -0.480. The molecule has 0 bridgehead atoms. The predicted molar refractivity (Wildman–Crippen MR) is 69.8 cm³/mol. The Morgan fingerprint density at radius 1 is 1.50 bits per heavy atom. The van der Waals surface area contributed by atoms with Crippen molar-refractivity contribution in [2.45, 2.75) is 19.3 Å². The predicted octanol–water partition coefficient (Wildman–Crippen LogP) is 1.70. The molecule has 3 nitrogen and oxygen atoms in total. The molecule has 1 aliphatic rings. The van der Waals surface area contributed by atoms with E-state index in [-0.39, 0.29) is 0 Å². The van der Waals surface area contributed by atoms with Gasteiger partial charge in [0.15, 0.2) is 0 Å². The summed E-state index contributed by atoms with van der Waals surface area (Å²) >= 11 is 2.10. The Bertz CT molecular complexity index is 305. The first-order chi connectivity index (χ1) is 7.84. The Kier molecular flexibility index (Phi) is 4.72. The van der Waals surface area contributed by atoms with E-state index >= 15 is 0 Å². The molecule has 0 amide bonds. The van der Waals surface area contributed by atoms with E-state index in [1.54, 1.807) is 0 Å². The first-order valence-electron chi connectivity index (χ1n) is 6.10. The van der Waals surface area contributed by atoms with E-state index < -0.39 is 0 Å². The first-order valence-corrected chi connectivity index (χ1v) is 7.26. The van der Waals surface area contributed by atoms with Crippen LogP contribution in [-0.4, -0.2) is 34.4 Å². The summed E-state index contributed by atoms with van der Waals surface area (Å²) < 4.78 is 1.87. The first kappa shape index (κ1) is 12.0. The third-order valence-electron chi connectivity index (χ3n) is 3.12. The molecule has 1 N–H and O–H groups in total. The molecular weight excluding hydrogens is 218 g/mol. The maximum absolute atomic E-state index is 4.17.